The van der Waals surface area contributed by atoms with E-state index in [1.165, 1.54) is 6.08 Å². The van der Waals surface area contributed by atoms with Crippen LogP contribution in [0.3, 0.4) is 0 Å². The maximum absolute atomic E-state index is 11.7. The third kappa shape index (κ3) is 5.23. The summed E-state index contributed by atoms with van der Waals surface area (Å²) in [7, 11) is 0. The average Bonchev–Trinajstić information content (AvgIpc) is 2.36. The molecule has 1 aromatic carbocycles. The maximum atomic E-state index is 11.7. The Kier molecular flexibility index (Phi) is 6.35. The lowest BCUT2D eigenvalue weighted by Gasteiger charge is -2.18. The van der Waals surface area contributed by atoms with Crippen molar-refractivity contribution in [1.29, 1.82) is 0 Å². The van der Waals surface area contributed by atoms with E-state index in [-0.39, 0.29) is 24.5 Å². The van der Waals surface area contributed by atoms with Gasteiger partial charge in [-0.2, -0.15) is 0 Å². The Morgan fingerprint density at radius 2 is 2.11 bits per heavy atom. The predicted octanol–water partition coefficient (Wildman–Crippen LogP) is 3.14. The molecule has 0 heterocycles. The Morgan fingerprint density at radius 1 is 1.42 bits per heavy atom. The molecule has 104 valence electrons. The molecule has 0 radical (unpaired) electrons. The summed E-state index contributed by atoms with van der Waals surface area (Å²) in [5.41, 5.74) is 0.675. The second kappa shape index (κ2) is 7.53. The summed E-state index contributed by atoms with van der Waals surface area (Å²) in [4.78, 5) is 11.7. The van der Waals surface area contributed by atoms with E-state index >= 15 is 0 Å². The van der Waals surface area contributed by atoms with Crippen LogP contribution in [0.15, 0.2) is 24.3 Å². The number of aliphatic hydroxyl groups excluding tert-OH is 1. The van der Waals surface area contributed by atoms with Crippen LogP contribution in [0.25, 0.3) is 6.08 Å². The average molecular weight is 302 g/mol. The Labute approximate surface area is 123 Å². The topological polar surface area (TPSA) is 49.3 Å². The van der Waals surface area contributed by atoms with Crippen LogP contribution in [0.5, 0.6) is 0 Å². The first-order valence-corrected chi connectivity index (χ1v) is 6.74. The van der Waals surface area contributed by atoms with Gasteiger partial charge in [-0.25, -0.2) is 0 Å². The highest BCUT2D eigenvalue weighted by molar-refractivity contribution is 6.34. The number of benzene rings is 1. The Hall–Kier alpha value is -1.03. The molecule has 0 unspecified atom stereocenters. The zero-order valence-corrected chi connectivity index (χ0v) is 12.4. The highest BCUT2D eigenvalue weighted by Crippen LogP contribution is 2.21. The number of amides is 1. The van der Waals surface area contributed by atoms with Crippen LogP contribution in [0.1, 0.15) is 19.4 Å². The van der Waals surface area contributed by atoms with E-state index in [0.29, 0.717) is 15.6 Å². The summed E-state index contributed by atoms with van der Waals surface area (Å²) in [6.07, 6.45) is 2.97. The molecular formula is C14H17Cl2NO2. The number of hydrogen-bond acceptors (Lipinski definition) is 2. The van der Waals surface area contributed by atoms with E-state index in [9.17, 15) is 4.79 Å². The van der Waals surface area contributed by atoms with Gasteiger partial charge in [0.2, 0.25) is 5.91 Å². The fourth-order valence-corrected chi connectivity index (χ4v) is 1.82. The van der Waals surface area contributed by atoms with Crippen LogP contribution in [0, 0.1) is 5.92 Å². The molecular weight excluding hydrogens is 285 g/mol. The number of halogens is 2. The number of carbonyl (C=O) groups is 1. The van der Waals surface area contributed by atoms with Gasteiger partial charge in [-0.05, 0) is 35.8 Å². The summed E-state index contributed by atoms with van der Waals surface area (Å²) < 4.78 is 0. The molecule has 0 aliphatic rings. The molecule has 0 fully saturated rings. The van der Waals surface area contributed by atoms with Gasteiger partial charge in [0.1, 0.15) is 0 Å². The number of rotatable bonds is 5. The normalized spacial score (nSPS) is 12.9. The smallest absolute Gasteiger partial charge is 0.244 e. The zero-order valence-electron chi connectivity index (χ0n) is 10.9. The maximum Gasteiger partial charge on any atom is 0.244 e. The SMILES string of the molecule is CC(C)[C@@H](CO)NC(=O)C=Cc1cc(Cl)ccc1Cl. The standard InChI is InChI=1S/C14H17Cl2NO2/c1-9(2)13(8-18)17-14(19)6-3-10-7-11(15)4-5-12(10)16/h3-7,9,13,18H,8H2,1-2H3,(H,17,19)/t13-/m1/s1. The molecule has 0 aliphatic carbocycles. The second-order valence-electron chi connectivity index (χ2n) is 4.54. The van der Waals surface area contributed by atoms with Crippen molar-refractivity contribution in [3.63, 3.8) is 0 Å². The van der Waals surface area contributed by atoms with Gasteiger partial charge >= 0.3 is 0 Å². The summed E-state index contributed by atoms with van der Waals surface area (Å²) in [6, 6.07) is 4.78. The van der Waals surface area contributed by atoms with Crippen molar-refractivity contribution in [3.8, 4) is 0 Å². The van der Waals surface area contributed by atoms with Crippen LogP contribution in [-0.4, -0.2) is 23.7 Å². The van der Waals surface area contributed by atoms with Gasteiger partial charge in [-0.3, -0.25) is 4.79 Å². The summed E-state index contributed by atoms with van der Waals surface area (Å²) in [5, 5.41) is 12.9. The first kappa shape index (κ1) is 16.0. The first-order chi connectivity index (χ1) is 8.93. The molecule has 1 rings (SSSR count). The minimum Gasteiger partial charge on any atom is -0.394 e. The zero-order chi connectivity index (χ0) is 14.4. The fraction of sp³-hybridized carbons (Fsp3) is 0.357. The summed E-state index contributed by atoms with van der Waals surface area (Å²) >= 11 is 11.8. The molecule has 0 bridgehead atoms. The van der Waals surface area contributed by atoms with Gasteiger partial charge in [0.25, 0.3) is 0 Å². The molecule has 0 saturated carbocycles. The lowest BCUT2D eigenvalue weighted by atomic mass is 10.1. The number of hydrogen-bond donors (Lipinski definition) is 2. The van der Waals surface area contributed by atoms with Gasteiger partial charge in [0.05, 0.1) is 12.6 Å². The van der Waals surface area contributed by atoms with Crippen LogP contribution in [-0.2, 0) is 4.79 Å². The van der Waals surface area contributed by atoms with E-state index in [4.69, 9.17) is 28.3 Å². The van der Waals surface area contributed by atoms with Crippen molar-refractivity contribution >= 4 is 35.2 Å². The molecule has 1 atom stereocenters. The van der Waals surface area contributed by atoms with Crippen molar-refractivity contribution in [2.45, 2.75) is 19.9 Å². The number of nitrogens with one attached hydrogen (secondary N) is 1. The lowest BCUT2D eigenvalue weighted by Crippen LogP contribution is -2.40. The van der Waals surface area contributed by atoms with Crippen LogP contribution in [0.4, 0.5) is 0 Å². The highest BCUT2D eigenvalue weighted by atomic mass is 35.5. The predicted molar refractivity (Wildman–Crippen MR) is 79.4 cm³/mol. The molecule has 0 spiro atoms. The quantitative estimate of drug-likeness (QED) is 0.821. The van der Waals surface area contributed by atoms with Crippen LogP contribution < -0.4 is 5.32 Å². The van der Waals surface area contributed by atoms with Crippen molar-refractivity contribution < 1.29 is 9.90 Å². The molecule has 0 aromatic heterocycles. The molecule has 0 saturated heterocycles. The molecule has 19 heavy (non-hydrogen) atoms. The van der Waals surface area contributed by atoms with Crippen molar-refractivity contribution in [1.82, 2.24) is 5.32 Å². The van der Waals surface area contributed by atoms with Crippen molar-refractivity contribution in [2.24, 2.45) is 5.92 Å². The second-order valence-corrected chi connectivity index (χ2v) is 5.38. The van der Waals surface area contributed by atoms with Crippen LogP contribution in [0.2, 0.25) is 10.0 Å². The van der Waals surface area contributed by atoms with Crippen molar-refractivity contribution in [3.05, 3.63) is 39.9 Å². The molecule has 2 N–H and O–H groups in total. The van der Waals surface area contributed by atoms with Gasteiger partial charge in [-0.15, -0.1) is 0 Å². The largest absolute Gasteiger partial charge is 0.394 e. The minimum absolute atomic E-state index is 0.0881. The highest BCUT2D eigenvalue weighted by Gasteiger charge is 2.13. The van der Waals surface area contributed by atoms with Gasteiger partial charge in [0, 0.05) is 16.1 Å². The minimum atomic E-state index is -0.274. The molecule has 1 aromatic rings. The molecule has 0 aliphatic heterocycles. The summed E-state index contributed by atoms with van der Waals surface area (Å²) in [5.74, 6) is -0.110. The van der Waals surface area contributed by atoms with Crippen LogP contribution >= 0.6 is 23.2 Å². The molecule has 1 amide bonds. The Morgan fingerprint density at radius 3 is 2.68 bits per heavy atom. The molecule has 3 nitrogen and oxygen atoms in total. The summed E-state index contributed by atoms with van der Waals surface area (Å²) in [6.45, 7) is 3.77. The Balaban J connectivity index is 2.70. The van der Waals surface area contributed by atoms with Gasteiger partial charge < -0.3 is 10.4 Å². The number of aliphatic hydroxyl groups is 1. The Bertz CT molecular complexity index is 473. The lowest BCUT2D eigenvalue weighted by molar-refractivity contribution is -0.117. The first-order valence-electron chi connectivity index (χ1n) is 5.98. The fourth-order valence-electron chi connectivity index (χ4n) is 1.46. The third-order valence-corrected chi connectivity index (χ3v) is 3.28. The van der Waals surface area contributed by atoms with E-state index in [0.717, 1.165) is 0 Å². The number of carbonyl (C=O) groups excluding carboxylic acids is 1. The van der Waals surface area contributed by atoms with E-state index in [2.05, 4.69) is 5.32 Å². The third-order valence-electron chi connectivity index (χ3n) is 2.70. The van der Waals surface area contributed by atoms with E-state index in [1.807, 2.05) is 13.8 Å². The van der Waals surface area contributed by atoms with Gasteiger partial charge in [0.15, 0.2) is 0 Å². The van der Waals surface area contributed by atoms with E-state index < -0.39 is 0 Å². The van der Waals surface area contributed by atoms with Gasteiger partial charge in [-0.1, -0.05) is 37.0 Å². The van der Waals surface area contributed by atoms with Crippen molar-refractivity contribution in [2.75, 3.05) is 6.61 Å². The van der Waals surface area contributed by atoms with E-state index in [1.54, 1.807) is 24.3 Å². The molecule has 5 heteroatoms. The monoisotopic (exact) mass is 301 g/mol.